The molecule has 0 bridgehead atoms. The van der Waals surface area contributed by atoms with E-state index in [1.165, 1.54) is 6.26 Å². The molecule has 1 fully saturated rings. The van der Waals surface area contributed by atoms with Crippen molar-refractivity contribution in [3.63, 3.8) is 0 Å². The van der Waals surface area contributed by atoms with E-state index in [0.29, 0.717) is 30.2 Å². The summed E-state index contributed by atoms with van der Waals surface area (Å²) < 4.78 is 38.8. The molecule has 1 aromatic carbocycles. The maximum Gasteiger partial charge on any atom is 0.203 e. The Kier molecular flexibility index (Phi) is 9.04. The van der Waals surface area contributed by atoms with Crippen molar-refractivity contribution < 1.29 is 22.6 Å². The van der Waals surface area contributed by atoms with Crippen LogP contribution in [0, 0.1) is 0 Å². The lowest BCUT2D eigenvalue weighted by atomic mass is 10.1. The van der Waals surface area contributed by atoms with Gasteiger partial charge in [-0.2, -0.15) is 0 Å². The monoisotopic (exact) mass is 442 g/mol. The molecule has 170 valence electrons. The van der Waals surface area contributed by atoms with Crippen LogP contribution in [0.2, 0.25) is 0 Å². The van der Waals surface area contributed by atoms with Crippen LogP contribution in [0.4, 0.5) is 0 Å². The second-order valence-corrected chi connectivity index (χ2v) is 9.51. The summed E-state index contributed by atoms with van der Waals surface area (Å²) in [6.07, 6.45) is 1.83. The minimum atomic E-state index is -2.93. The highest BCUT2D eigenvalue weighted by Crippen LogP contribution is 2.38. The maximum absolute atomic E-state index is 11.3. The van der Waals surface area contributed by atoms with Gasteiger partial charge in [-0.3, -0.25) is 9.89 Å². The largest absolute Gasteiger partial charge is 0.493 e. The van der Waals surface area contributed by atoms with Gasteiger partial charge >= 0.3 is 0 Å². The lowest BCUT2D eigenvalue weighted by Crippen LogP contribution is -2.52. The number of sulfone groups is 1. The van der Waals surface area contributed by atoms with E-state index in [1.807, 2.05) is 12.1 Å². The molecule has 1 aliphatic heterocycles. The van der Waals surface area contributed by atoms with Gasteiger partial charge in [0, 0.05) is 52.6 Å². The van der Waals surface area contributed by atoms with E-state index in [4.69, 9.17) is 14.2 Å². The predicted molar refractivity (Wildman–Crippen MR) is 119 cm³/mol. The zero-order valence-electron chi connectivity index (χ0n) is 18.6. The van der Waals surface area contributed by atoms with Gasteiger partial charge in [0.05, 0.1) is 27.1 Å². The van der Waals surface area contributed by atoms with Gasteiger partial charge in [-0.15, -0.1) is 0 Å². The molecule has 1 aromatic rings. The van der Waals surface area contributed by atoms with Crippen LogP contribution in [0.15, 0.2) is 17.1 Å². The smallest absolute Gasteiger partial charge is 0.203 e. The second-order valence-electron chi connectivity index (χ2n) is 7.25. The molecule has 0 aromatic heterocycles. The average molecular weight is 443 g/mol. The van der Waals surface area contributed by atoms with Crippen molar-refractivity contribution in [3.05, 3.63) is 17.7 Å². The van der Waals surface area contributed by atoms with Crippen molar-refractivity contribution in [2.75, 3.05) is 73.1 Å². The van der Waals surface area contributed by atoms with E-state index in [-0.39, 0.29) is 5.75 Å². The predicted octanol–water partition coefficient (Wildman–Crippen LogP) is 0.840. The molecule has 9 nitrogen and oxygen atoms in total. The van der Waals surface area contributed by atoms with E-state index in [1.54, 1.807) is 28.4 Å². The van der Waals surface area contributed by atoms with E-state index >= 15 is 0 Å². The Balaban J connectivity index is 1.89. The lowest BCUT2D eigenvalue weighted by molar-refractivity contribution is 0.172. The summed E-state index contributed by atoms with van der Waals surface area (Å²) in [5.41, 5.74) is 1.10. The summed E-state index contributed by atoms with van der Waals surface area (Å²) in [6.45, 7) is 4.84. The van der Waals surface area contributed by atoms with Crippen molar-refractivity contribution in [2.45, 2.75) is 13.0 Å². The molecular formula is C20H34N4O5S. The third kappa shape index (κ3) is 6.94. The van der Waals surface area contributed by atoms with Crippen LogP contribution < -0.4 is 19.5 Å². The number of benzene rings is 1. The first-order valence-electron chi connectivity index (χ1n) is 9.95. The molecule has 1 saturated heterocycles. The van der Waals surface area contributed by atoms with Crippen LogP contribution in [0.3, 0.4) is 0 Å². The van der Waals surface area contributed by atoms with Crippen molar-refractivity contribution in [1.29, 1.82) is 0 Å². The fraction of sp³-hybridized carbons (Fsp3) is 0.650. The first kappa shape index (κ1) is 24.1. The Morgan fingerprint density at radius 1 is 1.07 bits per heavy atom. The molecule has 0 atom stereocenters. The molecule has 30 heavy (non-hydrogen) atoms. The number of nitrogens with one attached hydrogen (secondary N) is 1. The minimum Gasteiger partial charge on any atom is -0.493 e. The molecule has 10 heteroatoms. The van der Waals surface area contributed by atoms with Crippen LogP contribution in [-0.4, -0.2) is 97.3 Å². The van der Waals surface area contributed by atoms with Gasteiger partial charge in [0.15, 0.2) is 17.5 Å². The first-order chi connectivity index (χ1) is 14.3. The highest BCUT2D eigenvalue weighted by atomic mass is 32.2. The summed E-state index contributed by atoms with van der Waals surface area (Å²) in [5, 5.41) is 3.27. The van der Waals surface area contributed by atoms with E-state index in [9.17, 15) is 8.42 Å². The average Bonchev–Trinajstić information content (AvgIpc) is 2.73. The topological polar surface area (TPSA) is 92.7 Å². The molecule has 0 amide bonds. The number of piperazine rings is 1. The fourth-order valence-electron chi connectivity index (χ4n) is 3.47. The first-order valence-corrected chi connectivity index (χ1v) is 12.0. The molecular weight excluding hydrogens is 408 g/mol. The Morgan fingerprint density at radius 3 is 2.13 bits per heavy atom. The Bertz CT molecular complexity index is 795. The number of guanidine groups is 1. The molecule has 0 saturated carbocycles. The molecule has 2 rings (SSSR count). The van der Waals surface area contributed by atoms with Crippen LogP contribution in [-0.2, 0) is 16.4 Å². The van der Waals surface area contributed by atoms with Gasteiger partial charge < -0.3 is 24.4 Å². The van der Waals surface area contributed by atoms with Crippen molar-refractivity contribution in [3.8, 4) is 17.2 Å². The van der Waals surface area contributed by atoms with Crippen molar-refractivity contribution in [1.82, 2.24) is 15.1 Å². The highest BCUT2D eigenvalue weighted by Gasteiger charge is 2.21. The summed E-state index contributed by atoms with van der Waals surface area (Å²) in [6, 6.07) is 3.96. The molecule has 1 aliphatic rings. The molecule has 0 spiro atoms. The van der Waals surface area contributed by atoms with Crippen LogP contribution in [0.5, 0.6) is 17.2 Å². The van der Waals surface area contributed by atoms with Crippen LogP contribution in [0.1, 0.15) is 12.0 Å². The molecule has 1 heterocycles. The third-order valence-electron chi connectivity index (χ3n) is 4.99. The standard InChI is InChI=1S/C20H34N4O5S/c1-21-20(22-7-6-12-30(5,25)26)24-10-8-23(9-11-24)15-16-13-17(27-2)19(29-4)18(14-16)28-3/h13-14H,6-12,15H2,1-5H3,(H,21,22). The van der Waals surface area contributed by atoms with Gasteiger partial charge in [0.25, 0.3) is 0 Å². The fourth-order valence-corrected chi connectivity index (χ4v) is 4.14. The van der Waals surface area contributed by atoms with Crippen LogP contribution >= 0.6 is 0 Å². The van der Waals surface area contributed by atoms with Gasteiger partial charge in [-0.05, 0) is 24.1 Å². The van der Waals surface area contributed by atoms with Gasteiger partial charge in [-0.1, -0.05) is 0 Å². The number of aliphatic imine (C=N–C) groups is 1. The summed E-state index contributed by atoms with van der Waals surface area (Å²) in [7, 11) is 3.66. The second kappa shape index (κ2) is 11.3. The number of ether oxygens (including phenoxy) is 3. The number of nitrogens with zero attached hydrogens (tertiary/aromatic N) is 3. The summed E-state index contributed by atoms with van der Waals surface area (Å²) in [5.74, 6) is 2.91. The quantitative estimate of drug-likeness (QED) is 0.342. The third-order valence-corrected chi connectivity index (χ3v) is 6.02. The van der Waals surface area contributed by atoms with Crippen molar-refractivity contribution >= 4 is 15.8 Å². The minimum absolute atomic E-state index is 0.180. The zero-order chi connectivity index (χ0) is 22.1. The summed E-state index contributed by atoms with van der Waals surface area (Å²) in [4.78, 5) is 8.91. The molecule has 0 radical (unpaired) electrons. The van der Waals surface area contributed by atoms with Gasteiger partial charge in [-0.25, -0.2) is 8.42 Å². The van der Waals surface area contributed by atoms with E-state index in [0.717, 1.165) is 44.2 Å². The normalized spacial score (nSPS) is 15.8. The number of hydrogen-bond donors (Lipinski definition) is 1. The molecule has 1 N–H and O–H groups in total. The summed E-state index contributed by atoms with van der Waals surface area (Å²) >= 11 is 0. The Morgan fingerprint density at radius 2 is 1.67 bits per heavy atom. The lowest BCUT2D eigenvalue weighted by Gasteiger charge is -2.36. The van der Waals surface area contributed by atoms with Crippen LogP contribution in [0.25, 0.3) is 0 Å². The van der Waals surface area contributed by atoms with Gasteiger partial charge in [0.2, 0.25) is 5.75 Å². The number of methoxy groups -OCH3 is 3. The number of rotatable bonds is 9. The van der Waals surface area contributed by atoms with E-state index in [2.05, 4.69) is 20.1 Å². The van der Waals surface area contributed by atoms with Crippen molar-refractivity contribution in [2.24, 2.45) is 4.99 Å². The highest BCUT2D eigenvalue weighted by molar-refractivity contribution is 7.90. The maximum atomic E-state index is 11.3. The number of hydrogen-bond acceptors (Lipinski definition) is 7. The Hall–Kier alpha value is -2.20. The SMILES string of the molecule is CN=C(NCCCS(C)(=O)=O)N1CCN(Cc2cc(OC)c(OC)c(OC)c2)CC1. The van der Waals surface area contributed by atoms with E-state index < -0.39 is 9.84 Å². The Labute approximate surface area is 179 Å². The van der Waals surface area contributed by atoms with Gasteiger partial charge in [0.1, 0.15) is 9.84 Å². The molecule has 0 unspecified atom stereocenters. The zero-order valence-corrected chi connectivity index (χ0v) is 19.4. The molecule has 0 aliphatic carbocycles.